The van der Waals surface area contributed by atoms with Crippen LogP contribution < -0.4 is 0 Å². The summed E-state index contributed by atoms with van der Waals surface area (Å²) in [6.07, 6.45) is 5.94. The van der Waals surface area contributed by atoms with Gasteiger partial charge in [0, 0.05) is 5.57 Å². The van der Waals surface area contributed by atoms with Crippen LogP contribution >= 0.6 is 0 Å². The lowest BCUT2D eigenvalue weighted by molar-refractivity contribution is -0.132. The minimum atomic E-state index is -0.935. The molecule has 1 N–H and O–H groups in total. The van der Waals surface area contributed by atoms with Crippen LogP contribution in [0.25, 0.3) is 0 Å². The first kappa shape index (κ1) is 11.2. The van der Waals surface area contributed by atoms with E-state index in [0.717, 1.165) is 5.92 Å². The van der Waals surface area contributed by atoms with Gasteiger partial charge in [-0.2, -0.15) is 0 Å². The van der Waals surface area contributed by atoms with E-state index in [1.165, 1.54) is 32.6 Å². The molecule has 0 heterocycles. The summed E-state index contributed by atoms with van der Waals surface area (Å²) in [5, 5.41) is 7.89. The lowest BCUT2D eigenvalue weighted by Crippen LogP contribution is -2.08. The second-order valence-corrected chi connectivity index (χ2v) is 3.29. The molecule has 1 rings (SSSR count). The minimum absolute atomic E-state index is 0.176. The average Bonchev–Trinajstić information content (AvgIpc) is 1.86. The van der Waals surface area contributed by atoms with Gasteiger partial charge in [0.2, 0.25) is 0 Å². The van der Waals surface area contributed by atoms with Crippen molar-refractivity contribution in [1.29, 1.82) is 0 Å². The summed E-state index contributed by atoms with van der Waals surface area (Å²) in [7, 11) is 0. The maximum atomic E-state index is 9.60. The zero-order chi connectivity index (χ0) is 9.56. The third-order valence-corrected chi connectivity index (χ3v) is 2.17. The summed E-state index contributed by atoms with van der Waals surface area (Å²) in [4.78, 5) is 9.60. The van der Waals surface area contributed by atoms with E-state index in [2.05, 4.69) is 13.5 Å². The molecule has 0 amide bonds. The second kappa shape index (κ2) is 5.81. The number of hydrogen-bond donors (Lipinski definition) is 1. The van der Waals surface area contributed by atoms with Crippen LogP contribution in [0.2, 0.25) is 0 Å². The van der Waals surface area contributed by atoms with Gasteiger partial charge in [-0.3, -0.25) is 0 Å². The summed E-state index contributed by atoms with van der Waals surface area (Å²) >= 11 is 0. The molecule has 12 heavy (non-hydrogen) atoms. The first-order chi connectivity index (χ1) is 5.57. The van der Waals surface area contributed by atoms with Gasteiger partial charge in [0.15, 0.2) is 0 Å². The number of carboxylic acids is 1. The summed E-state index contributed by atoms with van der Waals surface area (Å²) in [6, 6.07) is 0. The Kier molecular flexibility index (Phi) is 5.43. The van der Waals surface area contributed by atoms with Crippen LogP contribution in [0.4, 0.5) is 0 Å². The largest absolute Gasteiger partial charge is 0.478 e. The molecule has 0 bridgehead atoms. The lowest BCUT2D eigenvalue weighted by atomic mass is 9.84. The molecule has 1 aliphatic rings. The van der Waals surface area contributed by atoms with E-state index in [9.17, 15) is 4.79 Å². The number of carboxylic acid groups (broad SMARTS) is 1. The molecule has 0 spiro atoms. The Balaban J connectivity index is 0.000000202. The van der Waals surface area contributed by atoms with Gasteiger partial charge >= 0.3 is 5.97 Å². The normalized spacial score (nSPS) is 15.5. The third kappa shape index (κ3) is 4.94. The second-order valence-electron chi connectivity index (χ2n) is 3.29. The van der Waals surface area contributed by atoms with E-state index < -0.39 is 5.97 Å². The smallest absolute Gasteiger partial charge is 0.330 e. The van der Waals surface area contributed by atoms with Gasteiger partial charge in [-0.25, -0.2) is 4.79 Å². The summed E-state index contributed by atoms with van der Waals surface area (Å²) < 4.78 is 0. The fourth-order valence-corrected chi connectivity index (χ4v) is 0.901. The highest BCUT2D eigenvalue weighted by molar-refractivity contribution is 5.84. The number of carbonyl (C=O) groups is 1. The summed E-state index contributed by atoms with van der Waals surface area (Å²) in [5.74, 6) is 0.181. The highest BCUT2D eigenvalue weighted by atomic mass is 16.4. The van der Waals surface area contributed by atoms with Gasteiger partial charge in [0.05, 0.1) is 0 Å². The van der Waals surface area contributed by atoms with Crippen LogP contribution in [0.15, 0.2) is 12.2 Å². The molecule has 0 aliphatic heterocycles. The van der Waals surface area contributed by atoms with Crippen LogP contribution in [0.1, 0.15) is 39.5 Å². The molecule has 0 aromatic rings. The Morgan fingerprint density at radius 1 is 1.58 bits per heavy atom. The van der Waals surface area contributed by atoms with E-state index in [4.69, 9.17) is 5.11 Å². The van der Waals surface area contributed by atoms with Crippen LogP contribution in [0.5, 0.6) is 0 Å². The van der Waals surface area contributed by atoms with Gasteiger partial charge in [-0.15, -0.1) is 0 Å². The van der Waals surface area contributed by atoms with E-state index in [-0.39, 0.29) is 5.57 Å². The molecular formula is C10H18O2. The monoisotopic (exact) mass is 170 g/mol. The van der Waals surface area contributed by atoms with Crippen LogP contribution in [0.3, 0.4) is 0 Å². The lowest BCUT2D eigenvalue weighted by Gasteiger charge is -2.22. The topological polar surface area (TPSA) is 37.3 Å². The Morgan fingerprint density at radius 3 is 2.00 bits per heavy atom. The highest BCUT2D eigenvalue weighted by Gasteiger charge is 2.13. The third-order valence-electron chi connectivity index (χ3n) is 2.17. The van der Waals surface area contributed by atoms with Crippen molar-refractivity contribution in [2.45, 2.75) is 39.5 Å². The molecule has 1 fully saturated rings. The maximum absolute atomic E-state index is 9.60. The Labute approximate surface area is 74.3 Å². The van der Waals surface area contributed by atoms with Crippen molar-refractivity contribution in [1.82, 2.24) is 0 Å². The van der Waals surface area contributed by atoms with Crippen molar-refractivity contribution >= 4 is 5.97 Å². The minimum Gasteiger partial charge on any atom is -0.478 e. The van der Waals surface area contributed by atoms with Crippen molar-refractivity contribution in [3.8, 4) is 0 Å². The predicted molar refractivity (Wildman–Crippen MR) is 50.1 cm³/mol. The van der Waals surface area contributed by atoms with E-state index in [1.807, 2.05) is 0 Å². The number of aliphatic carboxylic acids is 1. The fraction of sp³-hybridized carbons (Fsp3) is 0.700. The van der Waals surface area contributed by atoms with Gasteiger partial charge in [0.25, 0.3) is 0 Å². The summed E-state index contributed by atoms with van der Waals surface area (Å²) in [5.41, 5.74) is 0.176. The van der Waals surface area contributed by atoms with E-state index >= 15 is 0 Å². The SMILES string of the molecule is C=C(C)C(=O)O.CCC1CCC1. The van der Waals surface area contributed by atoms with Crippen molar-refractivity contribution in [3.63, 3.8) is 0 Å². The molecule has 0 unspecified atom stereocenters. The molecule has 0 atom stereocenters. The predicted octanol–water partition coefficient (Wildman–Crippen LogP) is 2.84. The average molecular weight is 170 g/mol. The van der Waals surface area contributed by atoms with E-state index in [0.29, 0.717) is 0 Å². The molecule has 2 nitrogen and oxygen atoms in total. The molecular weight excluding hydrogens is 152 g/mol. The van der Waals surface area contributed by atoms with Gasteiger partial charge < -0.3 is 5.11 Å². The Hall–Kier alpha value is -0.790. The molecule has 0 saturated heterocycles. The van der Waals surface area contributed by atoms with Gasteiger partial charge in [-0.1, -0.05) is 39.2 Å². The molecule has 1 aliphatic carbocycles. The molecule has 0 aromatic carbocycles. The molecule has 0 aromatic heterocycles. The highest BCUT2D eigenvalue weighted by Crippen LogP contribution is 2.28. The molecule has 1 saturated carbocycles. The van der Waals surface area contributed by atoms with Crippen molar-refractivity contribution in [2.75, 3.05) is 0 Å². The first-order valence-electron chi connectivity index (χ1n) is 4.46. The van der Waals surface area contributed by atoms with E-state index in [1.54, 1.807) is 0 Å². The number of hydrogen-bond acceptors (Lipinski definition) is 1. The summed E-state index contributed by atoms with van der Waals surface area (Å²) in [6.45, 7) is 6.88. The van der Waals surface area contributed by atoms with Gasteiger partial charge in [-0.05, 0) is 12.8 Å². The standard InChI is InChI=1S/C6H12.C4H6O2/c1-2-6-4-3-5-6;1-3(2)4(5)6/h6H,2-5H2,1H3;1H2,2H3,(H,5,6). The molecule has 0 radical (unpaired) electrons. The number of rotatable bonds is 2. The zero-order valence-corrected chi connectivity index (χ0v) is 7.97. The first-order valence-corrected chi connectivity index (χ1v) is 4.46. The molecule has 2 heteroatoms. The van der Waals surface area contributed by atoms with Crippen LogP contribution in [0, 0.1) is 5.92 Å². The Morgan fingerprint density at radius 2 is 2.00 bits per heavy atom. The quantitative estimate of drug-likeness (QED) is 0.647. The van der Waals surface area contributed by atoms with Gasteiger partial charge in [0.1, 0.15) is 0 Å². The maximum Gasteiger partial charge on any atom is 0.330 e. The van der Waals surface area contributed by atoms with Crippen LogP contribution in [-0.4, -0.2) is 11.1 Å². The molecule has 70 valence electrons. The zero-order valence-electron chi connectivity index (χ0n) is 7.97. The van der Waals surface area contributed by atoms with Crippen molar-refractivity contribution < 1.29 is 9.90 Å². The fourth-order valence-electron chi connectivity index (χ4n) is 0.901. The van der Waals surface area contributed by atoms with Crippen molar-refractivity contribution in [3.05, 3.63) is 12.2 Å². The Bertz CT molecular complexity index is 142. The van der Waals surface area contributed by atoms with Crippen LogP contribution in [-0.2, 0) is 4.79 Å². The van der Waals surface area contributed by atoms with Crippen molar-refractivity contribution in [2.24, 2.45) is 5.92 Å².